The van der Waals surface area contributed by atoms with Crippen LogP contribution in [0.4, 0.5) is 10.5 Å². The van der Waals surface area contributed by atoms with Gasteiger partial charge in [-0.05, 0) is 37.1 Å². The smallest absolute Gasteiger partial charge is 0.335 e. The number of benzene rings is 1. The van der Waals surface area contributed by atoms with E-state index in [-0.39, 0.29) is 11.6 Å². The summed E-state index contributed by atoms with van der Waals surface area (Å²) in [5.74, 6) is -0.964. The number of aryl methyl sites for hydroxylation is 1. The molecule has 0 aliphatic heterocycles. The fourth-order valence-electron chi connectivity index (χ4n) is 1.64. The van der Waals surface area contributed by atoms with E-state index in [4.69, 9.17) is 5.11 Å². The highest BCUT2D eigenvalue weighted by Crippen LogP contribution is 2.15. The van der Waals surface area contributed by atoms with Gasteiger partial charge >= 0.3 is 12.0 Å². The number of carbonyl (C=O) groups is 2. The van der Waals surface area contributed by atoms with Gasteiger partial charge in [0.05, 0.1) is 5.56 Å². The van der Waals surface area contributed by atoms with Crippen molar-refractivity contribution < 1.29 is 14.7 Å². The molecule has 18 heavy (non-hydrogen) atoms. The average Bonchev–Trinajstić information content (AvgIpc) is 2.28. The number of rotatable bonds is 4. The maximum absolute atomic E-state index is 11.7. The normalized spacial score (nSPS) is 9.94. The largest absolute Gasteiger partial charge is 0.478 e. The predicted octanol–water partition coefficient (Wildman–Crippen LogP) is 2.57. The summed E-state index contributed by atoms with van der Waals surface area (Å²) in [6.07, 6.45) is 0.890. The van der Waals surface area contributed by atoms with Gasteiger partial charge in [-0.1, -0.05) is 6.92 Å². The molecule has 0 aliphatic rings. The fourth-order valence-corrected chi connectivity index (χ4v) is 1.64. The quantitative estimate of drug-likeness (QED) is 0.862. The number of aromatic carboxylic acids is 1. The fraction of sp³-hybridized carbons (Fsp3) is 0.385. The molecule has 0 spiro atoms. The number of urea groups is 1. The Morgan fingerprint density at radius 3 is 2.56 bits per heavy atom. The molecular formula is C13H18N2O3. The van der Waals surface area contributed by atoms with Gasteiger partial charge in [0.15, 0.2) is 0 Å². The van der Waals surface area contributed by atoms with Crippen LogP contribution in [-0.4, -0.2) is 35.6 Å². The first-order chi connectivity index (χ1) is 8.45. The van der Waals surface area contributed by atoms with E-state index in [0.29, 0.717) is 17.8 Å². The van der Waals surface area contributed by atoms with E-state index in [0.717, 1.165) is 6.42 Å². The molecule has 0 fully saturated rings. The van der Waals surface area contributed by atoms with E-state index in [1.807, 2.05) is 6.92 Å². The predicted molar refractivity (Wildman–Crippen MR) is 70.1 cm³/mol. The number of amides is 2. The number of nitrogens with one attached hydrogen (secondary N) is 1. The minimum atomic E-state index is -0.964. The Hall–Kier alpha value is -2.04. The molecular weight excluding hydrogens is 232 g/mol. The van der Waals surface area contributed by atoms with Crippen molar-refractivity contribution in [1.82, 2.24) is 4.90 Å². The van der Waals surface area contributed by atoms with Crippen molar-refractivity contribution in [3.05, 3.63) is 29.3 Å². The summed E-state index contributed by atoms with van der Waals surface area (Å²) in [5, 5.41) is 11.6. The lowest BCUT2D eigenvalue weighted by molar-refractivity contribution is 0.0696. The number of carbonyl (C=O) groups excluding carboxylic acids is 1. The molecule has 2 amide bonds. The SMILES string of the molecule is CCCN(C)C(=O)Nc1ccc(C(=O)O)c(C)c1. The molecule has 0 radical (unpaired) electrons. The Balaban J connectivity index is 2.77. The van der Waals surface area contributed by atoms with Gasteiger partial charge in [0.25, 0.3) is 0 Å². The topological polar surface area (TPSA) is 69.6 Å². The van der Waals surface area contributed by atoms with E-state index < -0.39 is 5.97 Å². The summed E-state index contributed by atoms with van der Waals surface area (Å²) < 4.78 is 0. The molecule has 1 aromatic carbocycles. The van der Waals surface area contributed by atoms with E-state index in [1.54, 1.807) is 31.0 Å². The molecule has 0 aromatic heterocycles. The summed E-state index contributed by atoms with van der Waals surface area (Å²) in [4.78, 5) is 24.2. The molecule has 0 saturated carbocycles. The zero-order valence-electron chi connectivity index (χ0n) is 10.9. The Bertz CT molecular complexity index is 458. The Labute approximate surface area is 106 Å². The third-order valence-electron chi connectivity index (χ3n) is 2.61. The number of carboxylic acids is 1. The maximum Gasteiger partial charge on any atom is 0.335 e. The van der Waals surface area contributed by atoms with Crippen LogP contribution in [0.25, 0.3) is 0 Å². The molecule has 5 nitrogen and oxygen atoms in total. The number of nitrogens with zero attached hydrogens (tertiary/aromatic N) is 1. The molecule has 2 N–H and O–H groups in total. The van der Waals surface area contributed by atoms with Crippen molar-refractivity contribution in [3.63, 3.8) is 0 Å². The van der Waals surface area contributed by atoms with Gasteiger partial charge in [0.1, 0.15) is 0 Å². The zero-order chi connectivity index (χ0) is 13.7. The number of hydrogen-bond acceptors (Lipinski definition) is 2. The van der Waals surface area contributed by atoms with Crippen molar-refractivity contribution in [3.8, 4) is 0 Å². The van der Waals surface area contributed by atoms with Crippen LogP contribution >= 0.6 is 0 Å². The third-order valence-corrected chi connectivity index (χ3v) is 2.61. The van der Waals surface area contributed by atoms with Gasteiger partial charge in [-0.15, -0.1) is 0 Å². The molecule has 0 unspecified atom stereocenters. The minimum Gasteiger partial charge on any atom is -0.478 e. The Morgan fingerprint density at radius 2 is 2.06 bits per heavy atom. The monoisotopic (exact) mass is 250 g/mol. The molecule has 1 aromatic rings. The standard InChI is InChI=1S/C13H18N2O3/c1-4-7-15(3)13(18)14-10-5-6-11(12(16)17)9(2)8-10/h5-6,8H,4,7H2,1-3H3,(H,14,18)(H,16,17). The molecule has 5 heteroatoms. The number of hydrogen-bond donors (Lipinski definition) is 2. The summed E-state index contributed by atoms with van der Waals surface area (Å²) >= 11 is 0. The van der Waals surface area contributed by atoms with Crippen molar-refractivity contribution in [2.75, 3.05) is 18.9 Å². The lowest BCUT2D eigenvalue weighted by atomic mass is 10.1. The average molecular weight is 250 g/mol. The third kappa shape index (κ3) is 3.48. The zero-order valence-corrected chi connectivity index (χ0v) is 10.9. The van der Waals surface area contributed by atoms with Crippen LogP contribution in [0.15, 0.2) is 18.2 Å². The highest BCUT2D eigenvalue weighted by Gasteiger charge is 2.10. The second-order valence-electron chi connectivity index (χ2n) is 4.19. The van der Waals surface area contributed by atoms with E-state index in [2.05, 4.69) is 5.32 Å². The maximum atomic E-state index is 11.7. The summed E-state index contributed by atoms with van der Waals surface area (Å²) in [6, 6.07) is 4.54. The highest BCUT2D eigenvalue weighted by atomic mass is 16.4. The van der Waals surface area contributed by atoms with Crippen molar-refractivity contribution >= 4 is 17.7 Å². The number of carboxylic acid groups (broad SMARTS) is 1. The van der Waals surface area contributed by atoms with Crippen LogP contribution in [0.3, 0.4) is 0 Å². The lowest BCUT2D eigenvalue weighted by Crippen LogP contribution is -2.31. The molecule has 0 heterocycles. The molecule has 1 rings (SSSR count). The second kappa shape index (κ2) is 6.05. The van der Waals surface area contributed by atoms with E-state index >= 15 is 0 Å². The Morgan fingerprint density at radius 1 is 1.39 bits per heavy atom. The lowest BCUT2D eigenvalue weighted by Gasteiger charge is -2.17. The van der Waals surface area contributed by atoms with Gasteiger partial charge in [-0.25, -0.2) is 9.59 Å². The number of anilines is 1. The summed E-state index contributed by atoms with van der Waals surface area (Å²) in [6.45, 7) is 4.38. The van der Waals surface area contributed by atoms with Gasteiger partial charge in [-0.3, -0.25) is 0 Å². The van der Waals surface area contributed by atoms with Gasteiger partial charge in [-0.2, -0.15) is 0 Å². The van der Waals surface area contributed by atoms with Crippen LogP contribution in [0.1, 0.15) is 29.3 Å². The van der Waals surface area contributed by atoms with Crippen LogP contribution in [-0.2, 0) is 0 Å². The highest BCUT2D eigenvalue weighted by molar-refractivity contribution is 5.92. The Kier molecular flexibility index (Phi) is 4.71. The van der Waals surface area contributed by atoms with E-state index in [9.17, 15) is 9.59 Å². The van der Waals surface area contributed by atoms with Crippen molar-refractivity contribution in [1.29, 1.82) is 0 Å². The van der Waals surface area contributed by atoms with Crippen molar-refractivity contribution in [2.24, 2.45) is 0 Å². The van der Waals surface area contributed by atoms with Crippen LogP contribution in [0.5, 0.6) is 0 Å². The van der Waals surface area contributed by atoms with Gasteiger partial charge in [0, 0.05) is 19.3 Å². The van der Waals surface area contributed by atoms with Crippen LogP contribution in [0.2, 0.25) is 0 Å². The first-order valence-corrected chi connectivity index (χ1v) is 5.81. The molecule has 0 saturated heterocycles. The summed E-state index contributed by atoms with van der Waals surface area (Å²) in [7, 11) is 1.72. The van der Waals surface area contributed by atoms with Gasteiger partial charge in [0.2, 0.25) is 0 Å². The molecule has 98 valence electrons. The van der Waals surface area contributed by atoms with Crippen molar-refractivity contribution in [2.45, 2.75) is 20.3 Å². The minimum absolute atomic E-state index is 0.195. The summed E-state index contributed by atoms with van der Waals surface area (Å²) in [5.41, 5.74) is 1.47. The first kappa shape index (κ1) is 14.0. The van der Waals surface area contributed by atoms with Crippen LogP contribution in [0, 0.1) is 6.92 Å². The molecule has 0 atom stereocenters. The van der Waals surface area contributed by atoms with Crippen LogP contribution < -0.4 is 5.32 Å². The first-order valence-electron chi connectivity index (χ1n) is 5.81. The molecule has 0 aliphatic carbocycles. The van der Waals surface area contributed by atoms with Gasteiger partial charge < -0.3 is 15.3 Å². The molecule has 0 bridgehead atoms. The van der Waals surface area contributed by atoms with E-state index in [1.165, 1.54) is 6.07 Å². The second-order valence-corrected chi connectivity index (χ2v) is 4.19.